The summed E-state index contributed by atoms with van der Waals surface area (Å²) < 4.78 is 10.2. The van der Waals surface area contributed by atoms with E-state index in [-0.39, 0.29) is 12.5 Å². The van der Waals surface area contributed by atoms with E-state index >= 15 is 0 Å². The molecule has 0 aliphatic carbocycles. The molecule has 2 rings (SSSR count). The molecular weight excluding hydrogens is 274 g/mol. The Bertz CT molecular complexity index is 513. The van der Waals surface area contributed by atoms with Crippen molar-refractivity contribution in [1.29, 1.82) is 0 Å². The first kappa shape index (κ1) is 15.3. The molecule has 0 bridgehead atoms. The topological polar surface area (TPSA) is 76.1 Å². The molecule has 1 aromatic rings. The average molecular weight is 293 g/mol. The van der Waals surface area contributed by atoms with Crippen LogP contribution in [-0.4, -0.2) is 54.8 Å². The number of carboxylic acid groups (broad SMARTS) is 1. The number of nitrogens with zero attached hydrogens (tertiary/aromatic N) is 1. The molecule has 0 aromatic heterocycles. The fraction of sp³-hybridized carbons (Fsp3) is 0.467. The number of ether oxygens (including phenoxy) is 2. The van der Waals surface area contributed by atoms with E-state index in [1.165, 1.54) is 4.90 Å². The van der Waals surface area contributed by atoms with Gasteiger partial charge in [0.05, 0.1) is 26.2 Å². The quantitative estimate of drug-likeness (QED) is 0.900. The van der Waals surface area contributed by atoms with Crippen molar-refractivity contribution in [3.63, 3.8) is 0 Å². The van der Waals surface area contributed by atoms with Crippen molar-refractivity contribution in [2.75, 3.05) is 26.9 Å². The summed E-state index contributed by atoms with van der Waals surface area (Å²) in [6.45, 7) is 2.48. The summed E-state index contributed by atoms with van der Waals surface area (Å²) in [6.07, 6.45) is 0. The largest absolute Gasteiger partial charge is 0.497 e. The van der Waals surface area contributed by atoms with Crippen molar-refractivity contribution in [3.05, 3.63) is 29.8 Å². The number of amides is 1. The smallest absolute Gasteiger partial charge is 0.328 e. The predicted octanol–water partition coefficient (Wildman–Crippen LogP) is 1.11. The van der Waals surface area contributed by atoms with Crippen LogP contribution in [0, 0.1) is 0 Å². The maximum Gasteiger partial charge on any atom is 0.328 e. The third kappa shape index (κ3) is 3.33. The SMILES string of the molecule is COc1ccc([C@H](C)C(=O)N2CCOC[C@H]2C(=O)O)cc1. The second kappa shape index (κ2) is 6.58. The molecule has 1 amide bonds. The first-order chi connectivity index (χ1) is 10.0. The molecule has 0 unspecified atom stereocenters. The summed E-state index contributed by atoms with van der Waals surface area (Å²) >= 11 is 0. The zero-order chi connectivity index (χ0) is 15.4. The molecule has 114 valence electrons. The summed E-state index contributed by atoms with van der Waals surface area (Å²) in [5, 5.41) is 9.19. The summed E-state index contributed by atoms with van der Waals surface area (Å²) in [5.41, 5.74) is 0.830. The second-order valence-corrected chi connectivity index (χ2v) is 4.96. The molecule has 1 aromatic carbocycles. The van der Waals surface area contributed by atoms with E-state index in [2.05, 4.69) is 0 Å². The maximum absolute atomic E-state index is 12.5. The van der Waals surface area contributed by atoms with Crippen molar-refractivity contribution in [1.82, 2.24) is 4.90 Å². The van der Waals surface area contributed by atoms with Crippen LogP contribution in [0.1, 0.15) is 18.4 Å². The van der Waals surface area contributed by atoms with Crippen LogP contribution < -0.4 is 4.74 Å². The number of hydrogen-bond donors (Lipinski definition) is 1. The van der Waals surface area contributed by atoms with Crippen molar-refractivity contribution >= 4 is 11.9 Å². The molecule has 0 radical (unpaired) electrons. The molecule has 0 saturated carbocycles. The Labute approximate surface area is 123 Å². The standard InChI is InChI=1S/C15H19NO5/c1-10(11-3-5-12(20-2)6-4-11)14(17)16-7-8-21-9-13(16)15(18)19/h3-6,10,13H,7-9H2,1-2H3,(H,18,19)/t10-,13-/m0/s1. The van der Waals surface area contributed by atoms with Gasteiger partial charge in [-0.15, -0.1) is 0 Å². The van der Waals surface area contributed by atoms with Crippen LogP contribution in [0.2, 0.25) is 0 Å². The van der Waals surface area contributed by atoms with Crippen LogP contribution in [0.5, 0.6) is 5.75 Å². The summed E-state index contributed by atoms with van der Waals surface area (Å²) in [5.74, 6) is -0.926. The van der Waals surface area contributed by atoms with Gasteiger partial charge >= 0.3 is 5.97 Å². The Morgan fingerprint density at radius 1 is 1.38 bits per heavy atom. The lowest BCUT2D eigenvalue weighted by Gasteiger charge is -2.34. The van der Waals surface area contributed by atoms with Crippen molar-refractivity contribution in [2.45, 2.75) is 18.9 Å². The number of benzene rings is 1. The second-order valence-electron chi connectivity index (χ2n) is 4.96. The van der Waals surface area contributed by atoms with Gasteiger partial charge in [0, 0.05) is 6.54 Å². The van der Waals surface area contributed by atoms with E-state index in [4.69, 9.17) is 9.47 Å². The van der Waals surface area contributed by atoms with E-state index in [1.807, 2.05) is 12.1 Å². The number of carbonyl (C=O) groups is 2. The van der Waals surface area contributed by atoms with Gasteiger partial charge in [-0.2, -0.15) is 0 Å². The molecule has 1 aliphatic heterocycles. The maximum atomic E-state index is 12.5. The molecule has 1 fully saturated rings. The van der Waals surface area contributed by atoms with Gasteiger partial charge in [0.25, 0.3) is 0 Å². The molecule has 6 nitrogen and oxygen atoms in total. The number of hydrogen-bond acceptors (Lipinski definition) is 4. The average Bonchev–Trinajstić information content (AvgIpc) is 2.53. The molecule has 1 N–H and O–H groups in total. The minimum absolute atomic E-state index is 0.0381. The fourth-order valence-electron chi connectivity index (χ4n) is 2.36. The molecule has 2 atom stereocenters. The summed E-state index contributed by atoms with van der Waals surface area (Å²) in [7, 11) is 1.58. The summed E-state index contributed by atoms with van der Waals surface area (Å²) in [6, 6.07) is 6.29. The van der Waals surface area contributed by atoms with Gasteiger partial charge < -0.3 is 19.5 Å². The number of rotatable bonds is 4. The Hall–Kier alpha value is -2.08. The molecule has 6 heteroatoms. The number of methoxy groups -OCH3 is 1. The molecule has 21 heavy (non-hydrogen) atoms. The lowest BCUT2D eigenvalue weighted by Crippen LogP contribution is -2.53. The van der Waals surface area contributed by atoms with Crippen LogP contribution in [-0.2, 0) is 14.3 Å². The molecule has 0 spiro atoms. The van der Waals surface area contributed by atoms with Gasteiger partial charge in [-0.1, -0.05) is 12.1 Å². The fourth-order valence-corrected chi connectivity index (χ4v) is 2.36. The Morgan fingerprint density at radius 3 is 2.62 bits per heavy atom. The third-order valence-electron chi connectivity index (χ3n) is 3.68. The first-order valence-corrected chi connectivity index (χ1v) is 6.79. The van der Waals surface area contributed by atoms with Gasteiger partial charge in [0.15, 0.2) is 6.04 Å². The monoisotopic (exact) mass is 293 g/mol. The van der Waals surface area contributed by atoms with E-state index < -0.39 is 17.9 Å². The van der Waals surface area contributed by atoms with Crippen molar-refractivity contribution in [3.8, 4) is 5.75 Å². The number of carbonyl (C=O) groups excluding carboxylic acids is 1. The zero-order valence-electron chi connectivity index (χ0n) is 12.1. The number of aliphatic carboxylic acids is 1. The van der Waals surface area contributed by atoms with Gasteiger partial charge in [0.2, 0.25) is 5.91 Å². The minimum atomic E-state index is -1.04. The molecule has 1 heterocycles. The highest BCUT2D eigenvalue weighted by molar-refractivity contribution is 5.88. The van der Waals surface area contributed by atoms with Gasteiger partial charge in [0.1, 0.15) is 5.75 Å². The van der Waals surface area contributed by atoms with Crippen LogP contribution in [0.25, 0.3) is 0 Å². The predicted molar refractivity (Wildman–Crippen MR) is 75.4 cm³/mol. The minimum Gasteiger partial charge on any atom is -0.497 e. The van der Waals surface area contributed by atoms with E-state index in [1.54, 1.807) is 26.2 Å². The van der Waals surface area contributed by atoms with Crippen LogP contribution >= 0.6 is 0 Å². The highest BCUT2D eigenvalue weighted by atomic mass is 16.5. The highest BCUT2D eigenvalue weighted by Gasteiger charge is 2.35. The van der Waals surface area contributed by atoms with Gasteiger partial charge in [-0.3, -0.25) is 4.79 Å². The highest BCUT2D eigenvalue weighted by Crippen LogP contribution is 2.23. The Kier molecular flexibility index (Phi) is 4.80. The van der Waals surface area contributed by atoms with E-state index in [0.29, 0.717) is 18.9 Å². The first-order valence-electron chi connectivity index (χ1n) is 6.79. The van der Waals surface area contributed by atoms with Crippen LogP contribution in [0.3, 0.4) is 0 Å². The molecule has 1 aliphatic rings. The normalized spacial score (nSPS) is 19.9. The van der Waals surface area contributed by atoms with Crippen LogP contribution in [0.4, 0.5) is 0 Å². The van der Waals surface area contributed by atoms with Crippen LogP contribution in [0.15, 0.2) is 24.3 Å². The summed E-state index contributed by atoms with van der Waals surface area (Å²) in [4.78, 5) is 25.2. The van der Waals surface area contributed by atoms with Gasteiger partial charge in [-0.25, -0.2) is 4.79 Å². The Morgan fingerprint density at radius 2 is 2.05 bits per heavy atom. The lowest BCUT2D eigenvalue weighted by atomic mass is 9.98. The Balaban J connectivity index is 2.14. The van der Waals surface area contributed by atoms with Crippen molar-refractivity contribution < 1.29 is 24.2 Å². The number of morpholine rings is 1. The lowest BCUT2D eigenvalue weighted by molar-refractivity contribution is -0.158. The molecular formula is C15H19NO5. The zero-order valence-corrected chi connectivity index (χ0v) is 12.1. The van der Waals surface area contributed by atoms with E-state index in [0.717, 1.165) is 5.56 Å². The van der Waals surface area contributed by atoms with E-state index in [9.17, 15) is 14.7 Å². The molecule has 1 saturated heterocycles. The van der Waals surface area contributed by atoms with Crippen molar-refractivity contribution in [2.24, 2.45) is 0 Å². The van der Waals surface area contributed by atoms with Gasteiger partial charge in [-0.05, 0) is 24.6 Å². The third-order valence-corrected chi connectivity index (χ3v) is 3.68. The number of carboxylic acids is 1.